The largest absolute Gasteiger partial charge is 0.104 e. The molecule has 1 saturated heterocycles. The highest BCUT2D eigenvalue weighted by molar-refractivity contribution is 7.58. The molecule has 1 aliphatic carbocycles. The molecule has 2 aliphatic rings. The fraction of sp³-hybridized carbons (Fsp3) is 0.875. The monoisotopic (exact) mass is 252 g/mol. The Hall–Kier alpha value is 0.170. The Morgan fingerprint density at radius 1 is 1.00 bits per heavy atom. The summed E-state index contributed by atoms with van der Waals surface area (Å²) >= 11 is 0. The van der Waals surface area contributed by atoms with Crippen molar-refractivity contribution >= 4 is 7.92 Å². The first kappa shape index (κ1) is 13.6. The van der Waals surface area contributed by atoms with Gasteiger partial charge in [0.2, 0.25) is 0 Å². The van der Waals surface area contributed by atoms with Gasteiger partial charge >= 0.3 is 0 Å². The van der Waals surface area contributed by atoms with E-state index in [0.717, 1.165) is 17.5 Å². The predicted octanol–water partition coefficient (Wildman–Crippen LogP) is 5.42. The minimum atomic E-state index is 0.425. The van der Waals surface area contributed by atoms with E-state index in [9.17, 15) is 0 Å². The Kier molecular flexibility index (Phi) is 5.54. The van der Waals surface area contributed by atoms with Gasteiger partial charge in [0.05, 0.1) is 0 Å². The highest BCUT2D eigenvalue weighted by Crippen LogP contribution is 2.53. The van der Waals surface area contributed by atoms with Crippen LogP contribution in [0.25, 0.3) is 0 Å². The molecule has 2 rings (SSSR count). The molecule has 0 N–H and O–H groups in total. The van der Waals surface area contributed by atoms with Crippen LogP contribution in [0.1, 0.15) is 58.8 Å². The van der Waals surface area contributed by atoms with Gasteiger partial charge in [-0.05, 0) is 68.8 Å². The molecule has 0 aromatic carbocycles. The second kappa shape index (κ2) is 6.93. The first-order chi connectivity index (χ1) is 8.29. The second-order valence-electron chi connectivity index (χ2n) is 6.20. The molecule has 2 fully saturated rings. The summed E-state index contributed by atoms with van der Waals surface area (Å²) in [7, 11) is 0.425. The molecule has 1 saturated carbocycles. The minimum absolute atomic E-state index is 0.425. The van der Waals surface area contributed by atoms with Crippen LogP contribution in [-0.2, 0) is 0 Å². The van der Waals surface area contributed by atoms with Crippen LogP contribution < -0.4 is 0 Å². The average molecular weight is 252 g/mol. The predicted molar refractivity (Wildman–Crippen MR) is 80.2 cm³/mol. The maximum absolute atomic E-state index is 2.44. The Morgan fingerprint density at radius 3 is 2.24 bits per heavy atom. The second-order valence-corrected chi connectivity index (χ2v) is 9.00. The summed E-state index contributed by atoms with van der Waals surface area (Å²) in [5.74, 6) is 2.04. The summed E-state index contributed by atoms with van der Waals surface area (Å²) in [6.07, 6.45) is 18.4. The molecule has 0 nitrogen and oxygen atoms in total. The van der Waals surface area contributed by atoms with Crippen molar-refractivity contribution in [3.05, 3.63) is 12.2 Å². The molecular weight excluding hydrogens is 223 g/mol. The SMILES string of the molecule is C/C=C/CC1CCP(C2CCC(C)CC2)CC1. The molecule has 0 aromatic rings. The summed E-state index contributed by atoms with van der Waals surface area (Å²) in [5.41, 5.74) is 1.16. The lowest BCUT2D eigenvalue weighted by molar-refractivity contribution is 0.387. The van der Waals surface area contributed by atoms with Gasteiger partial charge in [0.15, 0.2) is 0 Å². The normalized spacial score (nSPS) is 39.6. The molecule has 0 aromatic heterocycles. The van der Waals surface area contributed by atoms with E-state index in [0.29, 0.717) is 7.92 Å². The van der Waals surface area contributed by atoms with E-state index in [1.165, 1.54) is 32.1 Å². The smallest absolute Gasteiger partial charge is 0.0209 e. The average Bonchev–Trinajstić information content (AvgIpc) is 2.38. The van der Waals surface area contributed by atoms with Crippen LogP contribution in [0.5, 0.6) is 0 Å². The van der Waals surface area contributed by atoms with Crippen molar-refractivity contribution in [2.75, 3.05) is 12.3 Å². The van der Waals surface area contributed by atoms with Crippen molar-refractivity contribution in [3.63, 3.8) is 0 Å². The number of hydrogen-bond donors (Lipinski definition) is 0. The summed E-state index contributed by atoms with van der Waals surface area (Å²) in [4.78, 5) is 0. The van der Waals surface area contributed by atoms with E-state index in [1.54, 1.807) is 25.2 Å². The standard InChI is InChI=1S/C16H29P/c1-3-4-5-15-10-12-17(13-11-15)16-8-6-14(2)7-9-16/h3-4,14-16H,5-13H2,1-2H3/b4-3+. The molecular formula is C16H29P. The molecule has 0 amide bonds. The molecule has 1 heterocycles. The summed E-state index contributed by atoms with van der Waals surface area (Å²) in [6, 6.07) is 0. The van der Waals surface area contributed by atoms with Crippen molar-refractivity contribution in [1.82, 2.24) is 0 Å². The van der Waals surface area contributed by atoms with E-state index in [4.69, 9.17) is 0 Å². The van der Waals surface area contributed by atoms with Crippen LogP contribution >= 0.6 is 7.92 Å². The van der Waals surface area contributed by atoms with E-state index < -0.39 is 0 Å². The van der Waals surface area contributed by atoms with Crippen molar-refractivity contribution in [1.29, 1.82) is 0 Å². The molecule has 0 atom stereocenters. The van der Waals surface area contributed by atoms with Crippen molar-refractivity contribution in [3.8, 4) is 0 Å². The summed E-state index contributed by atoms with van der Waals surface area (Å²) < 4.78 is 0. The Morgan fingerprint density at radius 2 is 1.65 bits per heavy atom. The topological polar surface area (TPSA) is 0 Å². The third kappa shape index (κ3) is 4.09. The molecule has 17 heavy (non-hydrogen) atoms. The zero-order chi connectivity index (χ0) is 12.1. The maximum Gasteiger partial charge on any atom is -0.0209 e. The van der Waals surface area contributed by atoms with Crippen molar-refractivity contribution in [2.24, 2.45) is 11.8 Å². The fourth-order valence-corrected chi connectivity index (χ4v) is 6.87. The van der Waals surface area contributed by atoms with Gasteiger partial charge in [-0.2, -0.15) is 0 Å². The van der Waals surface area contributed by atoms with E-state index in [-0.39, 0.29) is 0 Å². The van der Waals surface area contributed by atoms with E-state index in [1.807, 2.05) is 0 Å². The minimum Gasteiger partial charge on any atom is -0.104 e. The molecule has 98 valence electrons. The highest BCUT2D eigenvalue weighted by atomic mass is 31.1. The number of hydrogen-bond acceptors (Lipinski definition) is 0. The Bertz CT molecular complexity index is 230. The lowest BCUT2D eigenvalue weighted by Gasteiger charge is -2.37. The fourth-order valence-electron chi connectivity index (χ4n) is 3.49. The zero-order valence-corrected chi connectivity index (χ0v) is 12.6. The maximum atomic E-state index is 2.44. The molecule has 0 radical (unpaired) electrons. The molecule has 0 bridgehead atoms. The Balaban J connectivity index is 1.71. The van der Waals surface area contributed by atoms with Gasteiger partial charge in [0.1, 0.15) is 0 Å². The van der Waals surface area contributed by atoms with Crippen LogP contribution in [0.2, 0.25) is 0 Å². The van der Waals surface area contributed by atoms with Gasteiger partial charge in [-0.25, -0.2) is 0 Å². The van der Waals surface area contributed by atoms with Crippen LogP contribution in [0.4, 0.5) is 0 Å². The van der Waals surface area contributed by atoms with Gasteiger partial charge in [-0.15, -0.1) is 7.92 Å². The molecule has 0 spiro atoms. The highest BCUT2D eigenvalue weighted by Gasteiger charge is 2.28. The zero-order valence-electron chi connectivity index (χ0n) is 11.7. The first-order valence-electron chi connectivity index (χ1n) is 7.64. The van der Waals surface area contributed by atoms with Crippen molar-refractivity contribution < 1.29 is 0 Å². The third-order valence-electron chi connectivity index (χ3n) is 4.86. The van der Waals surface area contributed by atoms with Gasteiger partial charge in [0, 0.05) is 0 Å². The lowest BCUT2D eigenvalue weighted by atomic mass is 9.90. The van der Waals surface area contributed by atoms with Gasteiger partial charge in [-0.3, -0.25) is 0 Å². The van der Waals surface area contributed by atoms with Crippen LogP contribution in [0.15, 0.2) is 12.2 Å². The number of allylic oxidation sites excluding steroid dienone is 2. The molecule has 0 unspecified atom stereocenters. The van der Waals surface area contributed by atoms with Gasteiger partial charge in [0.25, 0.3) is 0 Å². The summed E-state index contributed by atoms with van der Waals surface area (Å²) in [5, 5.41) is 0. The quantitative estimate of drug-likeness (QED) is 0.464. The van der Waals surface area contributed by atoms with Gasteiger partial charge in [-0.1, -0.05) is 31.9 Å². The summed E-state index contributed by atoms with van der Waals surface area (Å²) in [6.45, 7) is 4.59. The van der Waals surface area contributed by atoms with E-state index >= 15 is 0 Å². The molecule has 1 heteroatoms. The van der Waals surface area contributed by atoms with E-state index in [2.05, 4.69) is 26.0 Å². The molecule has 1 aliphatic heterocycles. The lowest BCUT2D eigenvalue weighted by Crippen LogP contribution is -2.22. The first-order valence-corrected chi connectivity index (χ1v) is 9.43. The van der Waals surface area contributed by atoms with Crippen LogP contribution in [0.3, 0.4) is 0 Å². The number of rotatable bonds is 3. The van der Waals surface area contributed by atoms with Crippen LogP contribution in [0, 0.1) is 11.8 Å². The van der Waals surface area contributed by atoms with Gasteiger partial charge < -0.3 is 0 Å². The Labute approximate surface area is 109 Å². The third-order valence-corrected chi connectivity index (χ3v) is 8.07. The van der Waals surface area contributed by atoms with Crippen molar-refractivity contribution in [2.45, 2.75) is 64.5 Å². The van der Waals surface area contributed by atoms with Crippen LogP contribution in [-0.4, -0.2) is 18.0 Å².